The number of carbonyl (C=O) groups is 1. The zero-order valence-electron chi connectivity index (χ0n) is 12.5. The summed E-state index contributed by atoms with van der Waals surface area (Å²) >= 11 is 0. The first-order valence-corrected chi connectivity index (χ1v) is 7.32. The van der Waals surface area contributed by atoms with Gasteiger partial charge in [0.25, 0.3) is 0 Å². The number of methoxy groups -OCH3 is 1. The molecule has 1 rings (SSSR count). The molecule has 0 aromatic carbocycles. The molecule has 1 fully saturated rings. The molecular formula is C14H26O7. The Morgan fingerprint density at radius 3 is 2.48 bits per heavy atom. The standard InChI is InChI=1S/C14H26O7/c1-8-11(18)12(19)14(20-2)13(21-8)9(15)6-4-3-5-7-10(16)17/h8-9,11-15,18-19H,3-7H2,1-2H3,(H,16,17). The van der Waals surface area contributed by atoms with Gasteiger partial charge in [0.05, 0.1) is 12.2 Å². The maximum absolute atomic E-state index is 10.4. The van der Waals surface area contributed by atoms with Crippen LogP contribution in [0.25, 0.3) is 0 Å². The molecule has 7 heteroatoms. The van der Waals surface area contributed by atoms with Gasteiger partial charge in [-0.25, -0.2) is 0 Å². The fraction of sp³-hybridized carbons (Fsp3) is 0.929. The Labute approximate surface area is 124 Å². The van der Waals surface area contributed by atoms with Crippen LogP contribution >= 0.6 is 0 Å². The summed E-state index contributed by atoms with van der Waals surface area (Å²) in [6.07, 6.45) is -2.57. The van der Waals surface area contributed by atoms with Gasteiger partial charge in [-0.05, 0) is 19.8 Å². The Morgan fingerprint density at radius 2 is 1.90 bits per heavy atom. The number of aliphatic hydroxyl groups excluding tert-OH is 3. The number of rotatable bonds is 8. The summed E-state index contributed by atoms with van der Waals surface area (Å²) in [6.45, 7) is 1.63. The highest BCUT2D eigenvalue weighted by Gasteiger charge is 2.45. The molecule has 0 spiro atoms. The average molecular weight is 306 g/mol. The van der Waals surface area contributed by atoms with Gasteiger partial charge in [-0.2, -0.15) is 0 Å². The Bertz CT molecular complexity index is 322. The van der Waals surface area contributed by atoms with Crippen molar-refractivity contribution in [3.05, 3.63) is 0 Å². The van der Waals surface area contributed by atoms with Crippen molar-refractivity contribution >= 4 is 5.97 Å². The molecule has 4 N–H and O–H groups in total. The molecule has 7 nitrogen and oxygen atoms in total. The van der Waals surface area contributed by atoms with E-state index in [2.05, 4.69) is 0 Å². The summed E-state index contributed by atoms with van der Waals surface area (Å²) in [5.41, 5.74) is 0. The number of carboxylic acid groups (broad SMARTS) is 1. The van der Waals surface area contributed by atoms with Crippen molar-refractivity contribution in [2.24, 2.45) is 0 Å². The third kappa shape index (κ3) is 5.19. The largest absolute Gasteiger partial charge is 0.481 e. The Morgan fingerprint density at radius 1 is 1.24 bits per heavy atom. The van der Waals surface area contributed by atoms with Gasteiger partial charge in [-0.15, -0.1) is 0 Å². The average Bonchev–Trinajstić information content (AvgIpc) is 2.43. The fourth-order valence-electron chi connectivity index (χ4n) is 2.63. The third-order valence-corrected chi connectivity index (χ3v) is 3.90. The molecule has 0 aliphatic carbocycles. The van der Waals surface area contributed by atoms with Crippen molar-refractivity contribution in [1.29, 1.82) is 0 Å². The van der Waals surface area contributed by atoms with Gasteiger partial charge in [-0.3, -0.25) is 4.79 Å². The first-order chi connectivity index (χ1) is 9.88. The minimum absolute atomic E-state index is 0.124. The van der Waals surface area contributed by atoms with E-state index in [4.69, 9.17) is 14.6 Å². The van der Waals surface area contributed by atoms with Gasteiger partial charge in [-0.1, -0.05) is 12.8 Å². The van der Waals surface area contributed by atoms with E-state index < -0.39 is 42.6 Å². The highest BCUT2D eigenvalue weighted by Crippen LogP contribution is 2.26. The van der Waals surface area contributed by atoms with Crippen molar-refractivity contribution in [1.82, 2.24) is 0 Å². The molecule has 0 bridgehead atoms. The molecule has 1 heterocycles. The van der Waals surface area contributed by atoms with Crippen molar-refractivity contribution in [2.75, 3.05) is 7.11 Å². The Balaban J connectivity index is 2.43. The summed E-state index contributed by atoms with van der Waals surface area (Å²) < 4.78 is 10.7. The second kappa shape index (κ2) is 8.65. The lowest BCUT2D eigenvalue weighted by atomic mass is 9.90. The molecule has 1 aliphatic rings. The predicted octanol–water partition coefficient (Wildman–Crippen LogP) is -0.0935. The third-order valence-electron chi connectivity index (χ3n) is 3.90. The lowest BCUT2D eigenvalue weighted by molar-refractivity contribution is -0.245. The van der Waals surface area contributed by atoms with Crippen LogP contribution in [-0.2, 0) is 14.3 Å². The maximum Gasteiger partial charge on any atom is 0.303 e. The van der Waals surface area contributed by atoms with Crippen molar-refractivity contribution < 1.29 is 34.7 Å². The van der Waals surface area contributed by atoms with E-state index >= 15 is 0 Å². The van der Waals surface area contributed by atoms with E-state index in [1.807, 2.05) is 0 Å². The molecule has 6 unspecified atom stereocenters. The van der Waals surface area contributed by atoms with Gasteiger partial charge < -0.3 is 29.9 Å². The minimum Gasteiger partial charge on any atom is -0.481 e. The molecule has 0 radical (unpaired) electrons. The summed E-state index contributed by atoms with van der Waals surface area (Å²) in [5, 5.41) is 38.4. The van der Waals surface area contributed by atoms with E-state index in [0.29, 0.717) is 25.7 Å². The zero-order valence-corrected chi connectivity index (χ0v) is 12.5. The topological polar surface area (TPSA) is 116 Å². The molecule has 1 aliphatic heterocycles. The quantitative estimate of drug-likeness (QED) is 0.463. The summed E-state index contributed by atoms with van der Waals surface area (Å²) in [6, 6.07) is 0. The van der Waals surface area contributed by atoms with E-state index in [9.17, 15) is 20.1 Å². The molecule has 6 atom stereocenters. The first-order valence-electron chi connectivity index (χ1n) is 7.32. The second-order valence-corrected chi connectivity index (χ2v) is 5.55. The molecule has 0 amide bonds. The molecule has 124 valence electrons. The highest BCUT2D eigenvalue weighted by atomic mass is 16.6. The van der Waals surface area contributed by atoms with Gasteiger partial charge in [0.15, 0.2) is 0 Å². The Kier molecular flexibility index (Phi) is 7.55. The van der Waals surface area contributed by atoms with Crippen molar-refractivity contribution in [2.45, 2.75) is 75.7 Å². The summed E-state index contributed by atoms with van der Waals surface area (Å²) in [4.78, 5) is 10.4. The molecule has 0 aromatic heterocycles. The van der Waals surface area contributed by atoms with Crippen molar-refractivity contribution in [3.8, 4) is 0 Å². The van der Waals surface area contributed by atoms with Gasteiger partial charge in [0.2, 0.25) is 0 Å². The molecule has 1 saturated heterocycles. The van der Waals surface area contributed by atoms with Crippen LogP contribution in [0.2, 0.25) is 0 Å². The molecule has 0 aromatic rings. The smallest absolute Gasteiger partial charge is 0.303 e. The van der Waals surface area contributed by atoms with Gasteiger partial charge in [0, 0.05) is 13.5 Å². The van der Waals surface area contributed by atoms with Gasteiger partial charge in [0.1, 0.15) is 24.4 Å². The van der Waals surface area contributed by atoms with Crippen LogP contribution in [0.1, 0.15) is 39.0 Å². The van der Waals surface area contributed by atoms with Crippen LogP contribution < -0.4 is 0 Å². The number of unbranched alkanes of at least 4 members (excludes halogenated alkanes) is 2. The van der Waals surface area contributed by atoms with Crippen LogP contribution in [0.15, 0.2) is 0 Å². The first kappa shape index (κ1) is 18.3. The number of aliphatic hydroxyl groups is 3. The normalized spacial score (nSPS) is 34.6. The number of carboxylic acids is 1. The fourth-order valence-corrected chi connectivity index (χ4v) is 2.63. The molecule has 0 saturated carbocycles. The number of aliphatic carboxylic acids is 1. The lowest BCUT2D eigenvalue weighted by Gasteiger charge is -2.42. The number of hydrogen-bond acceptors (Lipinski definition) is 6. The van der Waals surface area contributed by atoms with Crippen LogP contribution in [0, 0.1) is 0 Å². The van der Waals surface area contributed by atoms with Crippen LogP contribution in [-0.4, -0.2) is 70.1 Å². The van der Waals surface area contributed by atoms with Crippen LogP contribution in [0.5, 0.6) is 0 Å². The molecular weight excluding hydrogens is 280 g/mol. The molecule has 21 heavy (non-hydrogen) atoms. The monoisotopic (exact) mass is 306 g/mol. The summed E-state index contributed by atoms with van der Waals surface area (Å²) in [7, 11) is 1.40. The van der Waals surface area contributed by atoms with E-state index in [0.717, 1.165) is 0 Å². The van der Waals surface area contributed by atoms with Crippen LogP contribution in [0.3, 0.4) is 0 Å². The van der Waals surface area contributed by atoms with E-state index in [-0.39, 0.29) is 6.42 Å². The number of hydrogen-bond donors (Lipinski definition) is 4. The number of ether oxygens (including phenoxy) is 2. The van der Waals surface area contributed by atoms with E-state index in [1.165, 1.54) is 7.11 Å². The minimum atomic E-state index is -1.11. The van der Waals surface area contributed by atoms with Crippen LogP contribution in [0.4, 0.5) is 0 Å². The predicted molar refractivity (Wildman–Crippen MR) is 73.9 cm³/mol. The Hall–Kier alpha value is -0.730. The maximum atomic E-state index is 10.4. The van der Waals surface area contributed by atoms with Gasteiger partial charge >= 0.3 is 5.97 Å². The second-order valence-electron chi connectivity index (χ2n) is 5.55. The summed E-state index contributed by atoms with van der Waals surface area (Å²) in [5.74, 6) is -0.823. The lowest BCUT2D eigenvalue weighted by Crippen LogP contribution is -2.60. The van der Waals surface area contributed by atoms with E-state index in [1.54, 1.807) is 6.92 Å². The SMILES string of the molecule is COC1C(O)C(O)C(C)OC1C(O)CCCCCC(=O)O. The highest BCUT2D eigenvalue weighted by molar-refractivity contribution is 5.66. The van der Waals surface area contributed by atoms with Crippen molar-refractivity contribution in [3.63, 3.8) is 0 Å². The zero-order chi connectivity index (χ0) is 16.0.